The van der Waals surface area contributed by atoms with Gasteiger partial charge < -0.3 is 24.5 Å². The molecule has 0 fully saturated rings. The van der Waals surface area contributed by atoms with Crippen LogP contribution in [0.1, 0.15) is 30.8 Å². The molecule has 0 saturated carbocycles. The third kappa shape index (κ3) is 2.80. The highest BCUT2D eigenvalue weighted by Crippen LogP contribution is 2.41. The van der Waals surface area contributed by atoms with E-state index in [2.05, 4.69) is 22.2 Å². The molecule has 0 amide bonds. The fourth-order valence-corrected chi connectivity index (χ4v) is 2.43. The lowest BCUT2D eigenvalue weighted by Gasteiger charge is -2.15. The van der Waals surface area contributed by atoms with E-state index in [1.54, 1.807) is 13.3 Å². The maximum atomic E-state index is 5.44. The van der Waals surface area contributed by atoms with E-state index in [1.807, 2.05) is 18.3 Å². The summed E-state index contributed by atoms with van der Waals surface area (Å²) in [5.41, 5.74) is 1.08. The number of hydrogen-bond donors (Lipinski definition) is 2. The first-order chi connectivity index (χ1) is 10.3. The van der Waals surface area contributed by atoms with Crippen molar-refractivity contribution < 1.29 is 14.2 Å². The largest absolute Gasteiger partial charge is 0.493 e. The Morgan fingerprint density at radius 1 is 1.43 bits per heavy atom. The Balaban J connectivity index is 1.73. The Labute approximate surface area is 123 Å². The van der Waals surface area contributed by atoms with Crippen LogP contribution < -0.4 is 19.5 Å². The van der Waals surface area contributed by atoms with Crippen LogP contribution in [0.3, 0.4) is 0 Å². The number of benzene rings is 1. The van der Waals surface area contributed by atoms with Crippen LogP contribution in [0.2, 0.25) is 0 Å². The molecule has 21 heavy (non-hydrogen) atoms. The third-order valence-electron chi connectivity index (χ3n) is 3.53. The lowest BCUT2D eigenvalue weighted by Crippen LogP contribution is -2.21. The van der Waals surface area contributed by atoms with Gasteiger partial charge in [-0.1, -0.05) is 6.92 Å². The van der Waals surface area contributed by atoms with Gasteiger partial charge in [-0.3, -0.25) is 0 Å². The Morgan fingerprint density at radius 2 is 2.33 bits per heavy atom. The van der Waals surface area contributed by atoms with Crippen LogP contribution in [0.25, 0.3) is 0 Å². The Kier molecular flexibility index (Phi) is 3.96. The smallest absolute Gasteiger partial charge is 0.231 e. The molecule has 0 spiro atoms. The number of methoxy groups -OCH3 is 1. The zero-order valence-electron chi connectivity index (χ0n) is 12.2. The van der Waals surface area contributed by atoms with E-state index >= 15 is 0 Å². The Morgan fingerprint density at radius 3 is 3.05 bits per heavy atom. The number of rotatable bonds is 6. The fourth-order valence-electron chi connectivity index (χ4n) is 2.43. The fraction of sp³-hybridized carbons (Fsp3) is 0.400. The van der Waals surface area contributed by atoms with Crippen LogP contribution in [0.4, 0.5) is 0 Å². The topological polar surface area (TPSA) is 68.4 Å². The van der Waals surface area contributed by atoms with Gasteiger partial charge in [-0.05, 0) is 24.1 Å². The van der Waals surface area contributed by atoms with Crippen molar-refractivity contribution in [1.82, 2.24) is 15.3 Å². The Hall–Kier alpha value is -2.21. The first-order valence-electron chi connectivity index (χ1n) is 7.01. The predicted octanol–water partition coefficient (Wildman–Crippen LogP) is 2.39. The van der Waals surface area contributed by atoms with Gasteiger partial charge in [0, 0.05) is 18.9 Å². The molecule has 1 aromatic heterocycles. The van der Waals surface area contributed by atoms with Gasteiger partial charge in [-0.15, -0.1) is 0 Å². The zero-order valence-corrected chi connectivity index (χ0v) is 12.2. The van der Waals surface area contributed by atoms with Crippen molar-refractivity contribution in [1.29, 1.82) is 0 Å². The number of fused-ring (bicyclic) bond motifs is 1. The van der Waals surface area contributed by atoms with Crippen LogP contribution in [0, 0.1) is 0 Å². The van der Waals surface area contributed by atoms with Crippen molar-refractivity contribution in [3.8, 4) is 17.2 Å². The molecule has 1 atom stereocenters. The average molecular weight is 289 g/mol. The number of H-pyrrole nitrogens is 1. The minimum absolute atomic E-state index is 0.191. The highest BCUT2D eigenvalue weighted by molar-refractivity contribution is 5.55. The maximum Gasteiger partial charge on any atom is 0.231 e. The molecule has 3 rings (SSSR count). The van der Waals surface area contributed by atoms with Crippen molar-refractivity contribution in [2.24, 2.45) is 0 Å². The van der Waals surface area contributed by atoms with Gasteiger partial charge in [0.15, 0.2) is 11.5 Å². The SMILES string of the molecule is CCC(NCc1cc(OC)c2c(c1)OCO2)c1ncc[nH]1. The quantitative estimate of drug-likeness (QED) is 0.854. The van der Waals surface area contributed by atoms with Crippen molar-refractivity contribution in [2.75, 3.05) is 13.9 Å². The van der Waals surface area contributed by atoms with E-state index < -0.39 is 0 Å². The summed E-state index contributed by atoms with van der Waals surface area (Å²) in [6.45, 7) is 3.07. The highest BCUT2D eigenvalue weighted by atomic mass is 16.7. The van der Waals surface area contributed by atoms with Crippen molar-refractivity contribution in [3.05, 3.63) is 35.9 Å². The van der Waals surface area contributed by atoms with Crippen LogP contribution in [0.15, 0.2) is 24.5 Å². The van der Waals surface area contributed by atoms with E-state index in [0.29, 0.717) is 18.0 Å². The molecule has 2 heterocycles. The molecule has 1 unspecified atom stereocenters. The summed E-state index contributed by atoms with van der Waals surface area (Å²) in [6.07, 6.45) is 4.56. The number of nitrogens with one attached hydrogen (secondary N) is 2. The molecule has 6 nitrogen and oxygen atoms in total. The number of ether oxygens (including phenoxy) is 3. The number of hydrogen-bond acceptors (Lipinski definition) is 5. The second-order valence-electron chi connectivity index (χ2n) is 4.85. The van der Waals surface area contributed by atoms with Crippen molar-refractivity contribution in [2.45, 2.75) is 25.9 Å². The lowest BCUT2D eigenvalue weighted by molar-refractivity contribution is 0.171. The van der Waals surface area contributed by atoms with Gasteiger partial charge in [-0.2, -0.15) is 0 Å². The van der Waals surface area contributed by atoms with Gasteiger partial charge in [0.25, 0.3) is 0 Å². The summed E-state index contributed by atoms with van der Waals surface area (Å²) >= 11 is 0. The van der Waals surface area contributed by atoms with Gasteiger partial charge in [0.1, 0.15) is 5.82 Å². The van der Waals surface area contributed by atoms with E-state index in [9.17, 15) is 0 Å². The summed E-state index contributed by atoms with van der Waals surface area (Å²) in [5.74, 6) is 3.06. The second-order valence-corrected chi connectivity index (χ2v) is 4.85. The molecule has 0 aliphatic carbocycles. The maximum absolute atomic E-state index is 5.44. The first-order valence-corrected chi connectivity index (χ1v) is 7.01. The monoisotopic (exact) mass is 289 g/mol. The third-order valence-corrected chi connectivity index (χ3v) is 3.53. The second kappa shape index (κ2) is 6.05. The lowest BCUT2D eigenvalue weighted by atomic mass is 10.1. The molecule has 0 radical (unpaired) electrons. The molecule has 1 aliphatic heterocycles. The number of aromatic amines is 1. The summed E-state index contributed by atoms with van der Waals surface area (Å²) in [6, 6.07) is 4.14. The molecule has 6 heteroatoms. The molecule has 1 aromatic carbocycles. The molecular weight excluding hydrogens is 270 g/mol. The molecule has 0 saturated heterocycles. The van der Waals surface area contributed by atoms with Gasteiger partial charge in [0.2, 0.25) is 12.5 Å². The van der Waals surface area contributed by atoms with Crippen molar-refractivity contribution in [3.63, 3.8) is 0 Å². The summed E-state index contributed by atoms with van der Waals surface area (Å²) in [4.78, 5) is 7.45. The Bertz CT molecular complexity index is 598. The molecule has 1 aliphatic rings. The zero-order chi connectivity index (χ0) is 14.7. The normalized spacial score (nSPS) is 14.2. The van der Waals surface area contributed by atoms with E-state index in [0.717, 1.165) is 23.6 Å². The van der Waals surface area contributed by atoms with Crippen LogP contribution in [0.5, 0.6) is 17.2 Å². The molecular formula is C15H19N3O3. The molecule has 2 N–H and O–H groups in total. The minimum atomic E-state index is 0.191. The average Bonchev–Trinajstić information content (AvgIpc) is 3.18. The van der Waals surface area contributed by atoms with E-state index in [1.165, 1.54) is 0 Å². The van der Waals surface area contributed by atoms with Crippen LogP contribution >= 0.6 is 0 Å². The van der Waals surface area contributed by atoms with Gasteiger partial charge in [-0.25, -0.2) is 4.98 Å². The minimum Gasteiger partial charge on any atom is -0.493 e. The van der Waals surface area contributed by atoms with E-state index in [4.69, 9.17) is 14.2 Å². The first kappa shape index (κ1) is 13.8. The molecule has 2 aromatic rings. The standard InChI is InChI=1S/C15H19N3O3/c1-3-11(15-16-4-5-17-15)18-8-10-6-12(19-2)14-13(7-10)20-9-21-14/h4-7,11,18H,3,8-9H2,1-2H3,(H,16,17). The number of imidazole rings is 1. The number of nitrogens with zero attached hydrogens (tertiary/aromatic N) is 1. The predicted molar refractivity (Wildman–Crippen MR) is 77.6 cm³/mol. The van der Waals surface area contributed by atoms with Gasteiger partial charge in [0.05, 0.1) is 13.2 Å². The number of aromatic nitrogens is 2. The molecule has 112 valence electrons. The summed E-state index contributed by atoms with van der Waals surface area (Å²) < 4.78 is 16.2. The van der Waals surface area contributed by atoms with E-state index in [-0.39, 0.29) is 12.8 Å². The molecule has 0 bridgehead atoms. The highest BCUT2D eigenvalue weighted by Gasteiger charge is 2.20. The van der Waals surface area contributed by atoms with Crippen LogP contribution in [-0.2, 0) is 6.54 Å². The van der Waals surface area contributed by atoms with Gasteiger partial charge >= 0.3 is 0 Å². The van der Waals surface area contributed by atoms with Crippen molar-refractivity contribution >= 4 is 0 Å². The summed E-state index contributed by atoms with van der Waals surface area (Å²) in [5, 5.41) is 3.48. The summed E-state index contributed by atoms with van der Waals surface area (Å²) in [7, 11) is 1.63. The van der Waals surface area contributed by atoms with Crippen LogP contribution in [-0.4, -0.2) is 23.9 Å².